The van der Waals surface area contributed by atoms with Gasteiger partial charge in [-0.15, -0.1) is 11.3 Å². The van der Waals surface area contributed by atoms with E-state index in [9.17, 15) is 13.6 Å². The Bertz CT molecular complexity index is 519. The molecule has 0 atom stereocenters. The Morgan fingerprint density at radius 3 is 2.79 bits per heavy atom. The van der Waals surface area contributed by atoms with Crippen molar-refractivity contribution in [3.63, 3.8) is 0 Å². The Kier molecular flexibility index (Phi) is 1.96. The summed E-state index contributed by atoms with van der Waals surface area (Å²) in [7, 11) is 0. The number of thiophene rings is 1. The number of fused-ring (bicyclic) bond motifs is 1. The number of hydrogen-bond donors (Lipinski definition) is 1. The van der Waals surface area contributed by atoms with E-state index in [1.165, 1.54) is 0 Å². The molecule has 0 bridgehead atoms. The zero-order chi connectivity index (χ0) is 10.3. The molecule has 0 amide bonds. The highest BCUT2D eigenvalue weighted by molar-refractivity contribution is 7.17. The van der Waals surface area contributed by atoms with E-state index in [1.807, 2.05) is 0 Å². The van der Waals surface area contributed by atoms with Crippen LogP contribution in [0.5, 0.6) is 0 Å². The summed E-state index contributed by atoms with van der Waals surface area (Å²) in [6, 6.07) is 2.54. The van der Waals surface area contributed by atoms with E-state index >= 15 is 0 Å². The summed E-state index contributed by atoms with van der Waals surface area (Å²) >= 11 is 1.08. The van der Waals surface area contributed by atoms with Gasteiger partial charge in [-0.05, 0) is 22.9 Å². The van der Waals surface area contributed by atoms with Gasteiger partial charge in [0.15, 0.2) is 11.6 Å². The topological polar surface area (TPSA) is 37.3 Å². The zero-order valence-electron chi connectivity index (χ0n) is 6.75. The van der Waals surface area contributed by atoms with Crippen LogP contribution in [-0.2, 0) is 0 Å². The van der Waals surface area contributed by atoms with Gasteiger partial charge in [0.05, 0.1) is 4.70 Å². The minimum absolute atomic E-state index is 0.261. The molecular formula is C9H4F2O2S. The SMILES string of the molecule is O=C(O)c1c(F)c(F)cc2ccsc12. The van der Waals surface area contributed by atoms with E-state index in [4.69, 9.17) is 5.11 Å². The molecule has 0 fully saturated rings. The van der Waals surface area contributed by atoms with Gasteiger partial charge >= 0.3 is 5.97 Å². The van der Waals surface area contributed by atoms with Crippen molar-refractivity contribution in [1.29, 1.82) is 0 Å². The first-order chi connectivity index (χ1) is 6.61. The monoisotopic (exact) mass is 214 g/mol. The minimum atomic E-state index is -1.45. The maximum atomic E-state index is 13.1. The van der Waals surface area contributed by atoms with Gasteiger partial charge in [0.2, 0.25) is 0 Å². The lowest BCUT2D eigenvalue weighted by Crippen LogP contribution is -2.02. The van der Waals surface area contributed by atoms with Crippen molar-refractivity contribution >= 4 is 27.4 Å². The molecule has 2 nitrogen and oxygen atoms in total. The molecule has 2 aromatic rings. The predicted octanol–water partition coefficient (Wildman–Crippen LogP) is 2.88. The van der Waals surface area contributed by atoms with Gasteiger partial charge in [-0.3, -0.25) is 0 Å². The Morgan fingerprint density at radius 1 is 1.43 bits per heavy atom. The van der Waals surface area contributed by atoms with Crippen molar-refractivity contribution in [2.45, 2.75) is 0 Å². The lowest BCUT2D eigenvalue weighted by molar-refractivity contribution is 0.0693. The third kappa shape index (κ3) is 1.17. The van der Waals surface area contributed by atoms with Crippen molar-refractivity contribution in [2.24, 2.45) is 0 Å². The van der Waals surface area contributed by atoms with Crippen LogP contribution in [0.1, 0.15) is 10.4 Å². The highest BCUT2D eigenvalue weighted by Crippen LogP contribution is 2.28. The van der Waals surface area contributed by atoms with E-state index in [0.717, 1.165) is 17.4 Å². The van der Waals surface area contributed by atoms with Gasteiger partial charge in [-0.25, -0.2) is 13.6 Å². The lowest BCUT2D eigenvalue weighted by atomic mass is 10.1. The van der Waals surface area contributed by atoms with Crippen molar-refractivity contribution < 1.29 is 18.7 Å². The van der Waals surface area contributed by atoms with E-state index in [2.05, 4.69) is 0 Å². The molecule has 5 heteroatoms. The first-order valence-electron chi connectivity index (χ1n) is 3.69. The number of hydrogen-bond acceptors (Lipinski definition) is 2. The fourth-order valence-corrected chi connectivity index (χ4v) is 2.15. The quantitative estimate of drug-likeness (QED) is 0.792. The number of carbonyl (C=O) groups is 1. The highest BCUT2D eigenvalue weighted by Gasteiger charge is 2.19. The van der Waals surface area contributed by atoms with E-state index in [0.29, 0.717) is 5.39 Å². The standard InChI is InChI=1S/C9H4F2O2S/c10-5-3-4-1-2-14-8(4)6(7(5)11)9(12)13/h1-3H,(H,12,13). The summed E-state index contributed by atoms with van der Waals surface area (Å²) in [6.07, 6.45) is 0. The van der Waals surface area contributed by atoms with Crippen LogP contribution < -0.4 is 0 Å². The molecule has 2 rings (SSSR count). The summed E-state index contributed by atoms with van der Waals surface area (Å²) in [5.41, 5.74) is -0.588. The van der Waals surface area contributed by atoms with Crippen LogP contribution >= 0.6 is 11.3 Å². The minimum Gasteiger partial charge on any atom is -0.478 e. The molecule has 0 saturated carbocycles. The Labute approximate surface area is 81.4 Å². The third-order valence-electron chi connectivity index (χ3n) is 1.85. The molecule has 0 spiro atoms. The van der Waals surface area contributed by atoms with Crippen molar-refractivity contribution in [1.82, 2.24) is 0 Å². The molecule has 0 aliphatic rings. The second-order valence-electron chi connectivity index (χ2n) is 2.69. The number of carboxylic acids is 1. The summed E-state index contributed by atoms with van der Waals surface area (Å²) in [5.74, 6) is -3.88. The average Bonchev–Trinajstić information content (AvgIpc) is 2.52. The first kappa shape index (κ1) is 9.08. The van der Waals surface area contributed by atoms with Gasteiger partial charge in [0.25, 0.3) is 0 Å². The van der Waals surface area contributed by atoms with Crippen LogP contribution in [0.15, 0.2) is 17.5 Å². The first-order valence-corrected chi connectivity index (χ1v) is 4.57. The van der Waals surface area contributed by atoms with Crippen LogP contribution in [0.2, 0.25) is 0 Å². The maximum Gasteiger partial charge on any atom is 0.340 e. The van der Waals surface area contributed by atoms with Crippen LogP contribution in [0.3, 0.4) is 0 Å². The van der Waals surface area contributed by atoms with E-state index in [1.54, 1.807) is 11.4 Å². The van der Waals surface area contributed by atoms with Crippen LogP contribution in [0.25, 0.3) is 10.1 Å². The van der Waals surface area contributed by atoms with Gasteiger partial charge < -0.3 is 5.11 Å². The lowest BCUT2D eigenvalue weighted by Gasteiger charge is -2.00. The second kappa shape index (κ2) is 3.02. The molecule has 0 radical (unpaired) electrons. The summed E-state index contributed by atoms with van der Waals surface area (Å²) in [6.45, 7) is 0. The molecule has 1 aromatic heterocycles. The number of carboxylic acid groups (broad SMARTS) is 1. The van der Waals surface area contributed by atoms with Crippen LogP contribution in [-0.4, -0.2) is 11.1 Å². The maximum absolute atomic E-state index is 13.1. The van der Waals surface area contributed by atoms with Gasteiger partial charge in [-0.1, -0.05) is 0 Å². The number of aromatic carboxylic acids is 1. The van der Waals surface area contributed by atoms with Crippen molar-refractivity contribution in [2.75, 3.05) is 0 Å². The third-order valence-corrected chi connectivity index (χ3v) is 2.80. The average molecular weight is 214 g/mol. The fourth-order valence-electron chi connectivity index (χ4n) is 1.25. The molecule has 0 aliphatic carbocycles. The molecule has 0 saturated heterocycles. The fraction of sp³-hybridized carbons (Fsp3) is 0. The molecule has 1 heterocycles. The zero-order valence-corrected chi connectivity index (χ0v) is 7.57. The van der Waals surface area contributed by atoms with Gasteiger partial charge in [-0.2, -0.15) is 0 Å². The van der Waals surface area contributed by atoms with Gasteiger partial charge in [0.1, 0.15) is 5.56 Å². The predicted molar refractivity (Wildman–Crippen MR) is 48.7 cm³/mol. The summed E-state index contributed by atoms with van der Waals surface area (Å²) in [4.78, 5) is 10.7. The largest absolute Gasteiger partial charge is 0.478 e. The summed E-state index contributed by atoms with van der Waals surface area (Å²) < 4.78 is 26.3. The van der Waals surface area contributed by atoms with Crippen LogP contribution in [0, 0.1) is 11.6 Å². The Morgan fingerprint density at radius 2 is 2.14 bits per heavy atom. The van der Waals surface area contributed by atoms with E-state index in [-0.39, 0.29) is 4.70 Å². The molecule has 14 heavy (non-hydrogen) atoms. The van der Waals surface area contributed by atoms with E-state index < -0.39 is 23.2 Å². The number of rotatable bonds is 1. The second-order valence-corrected chi connectivity index (χ2v) is 3.61. The molecule has 72 valence electrons. The normalized spacial score (nSPS) is 10.7. The van der Waals surface area contributed by atoms with Crippen LogP contribution in [0.4, 0.5) is 8.78 Å². The van der Waals surface area contributed by atoms with Gasteiger partial charge in [0, 0.05) is 0 Å². The summed E-state index contributed by atoms with van der Waals surface area (Å²) in [5, 5.41) is 10.7. The van der Waals surface area contributed by atoms with Crippen molar-refractivity contribution in [3.05, 3.63) is 34.7 Å². The Hall–Kier alpha value is -1.49. The molecule has 0 unspecified atom stereocenters. The number of halogens is 2. The highest BCUT2D eigenvalue weighted by atomic mass is 32.1. The van der Waals surface area contributed by atoms with Crippen molar-refractivity contribution in [3.8, 4) is 0 Å². The molecule has 0 aliphatic heterocycles. The Balaban J connectivity index is 2.93. The molecule has 1 N–H and O–H groups in total. The smallest absolute Gasteiger partial charge is 0.340 e. The molecule has 1 aromatic carbocycles. The molecular weight excluding hydrogens is 210 g/mol. The number of benzene rings is 1.